The number of benzene rings is 1. The molecule has 1 N–H and O–H groups in total. The van der Waals surface area contributed by atoms with Crippen LogP contribution in [0.3, 0.4) is 0 Å². The fourth-order valence-corrected chi connectivity index (χ4v) is 2.47. The van der Waals surface area contributed by atoms with Gasteiger partial charge < -0.3 is 9.67 Å². The van der Waals surface area contributed by atoms with Crippen molar-refractivity contribution in [1.29, 1.82) is 0 Å². The summed E-state index contributed by atoms with van der Waals surface area (Å²) in [6, 6.07) is 12.8. The molecule has 0 fully saturated rings. The van der Waals surface area contributed by atoms with Crippen molar-refractivity contribution < 1.29 is 9.90 Å². The van der Waals surface area contributed by atoms with Crippen molar-refractivity contribution >= 4 is 28.5 Å². The highest BCUT2D eigenvalue weighted by Crippen LogP contribution is 2.25. The van der Waals surface area contributed by atoms with Crippen molar-refractivity contribution in [2.45, 2.75) is 6.54 Å². The maximum absolute atomic E-state index is 10.9. The second kappa shape index (κ2) is 4.98. The number of rotatable bonds is 3. The average molecular weight is 287 g/mol. The molecule has 2 heterocycles. The molecule has 0 amide bonds. The number of carboxylic acids is 1. The minimum absolute atomic E-state index is 0.0464. The second-order valence-corrected chi connectivity index (χ2v) is 4.85. The van der Waals surface area contributed by atoms with Crippen LogP contribution in [0.15, 0.2) is 48.7 Å². The SMILES string of the molecule is O=C(O)c1cccc(Cn2cc(Cl)c3ccccc32)n1. The Morgan fingerprint density at radius 3 is 2.80 bits per heavy atom. The Balaban J connectivity index is 2.01. The third-order valence-electron chi connectivity index (χ3n) is 3.10. The Kier molecular flexibility index (Phi) is 3.16. The Bertz CT molecular complexity index is 795. The highest BCUT2D eigenvalue weighted by molar-refractivity contribution is 6.35. The summed E-state index contributed by atoms with van der Waals surface area (Å²) in [4.78, 5) is 15.1. The van der Waals surface area contributed by atoms with Crippen molar-refractivity contribution in [2.75, 3.05) is 0 Å². The van der Waals surface area contributed by atoms with Gasteiger partial charge in [-0.25, -0.2) is 9.78 Å². The van der Waals surface area contributed by atoms with Crippen molar-refractivity contribution in [3.05, 3.63) is 65.1 Å². The van der Waals surface area contributed by atoms with E-state index in [0.717, 1.165) is 10.9 Å². The minimum Gasteiger partial charge on any atom is -0.477 e. The van der Waals surface area contributed by atoms with Gasteiger partial charge in [0.05, 0.1) is 17.3 Å². The average Bonchev–Trinajstić information content (AvgIpc) is 2.76. The van der Waals surface area contributed by atoms with Crippen LogP contribution in [-0.2, 0) is 6.54 Å². The number of fused-ring (bicyclic) bond motifs is 1. The van der Waals surface area contributed by atoms with Crippen LogP contribution in [0.25, 0.3) is 10.9 Å². The van der Waals surface area contributed by atoms with Crippen LogP contribution >= 0.6 is 11.6 Å². The number of hydrogen-bond acceptors (Lipinski definition) is 2. The van der Waals surface area contributed by atoms with Crippen LogP contribution in [0.1, 0.15) is 16.2 Å². The molecule has 0 aliphatic carbocycles. The van der Waals surface area contributed by atoms with Gasteiger partial charge in [-0.15, -0.1) is 0 Å². The molecule has 0 radical (unpaired) electrons. The predicted octanol–water partition coefficient (Wildman–Crippen LogP) is 3.44. The van der Waals surface area contributed by atoms with Crippen LogP contribution in [0.5, 0.6) is 0 Å². The third kappa shape index (κ3) is 2.26. The highest BCUT2D eigenvalue weighted by atomic mass is 35.5. The monoisotopic (exact) mass is 286 g/mol. The second-order valence-electron chi connectivity index (χ2n) is 4.44. The number of carbonyl (C=O) groups is 1. The van der Waals surface area contributed by atoms with E-state index in [2.05, 4.69) is 4.98 Å². The van der Waals surface area contributed by atoms with E-state index in [1.54, 1.807) is 12.1 Å². The van der Waals surface area contributed by atoms with Crippen molar-refractivity contribution in [1.82, 2.24) is 9.55 Å². The standard InChI is InChI=1S/C15H11ClN2O2/c16-12-9-18(14-7-2-1-5-11(12)14)8-10-4-3-6-13(17-10)15(19)20/h1-7,9H,8H2,(H,19,20). The first kappa shape index (κ1) is 12.7. The Morgan fingerprint density at radius 1 is 1.20 bits per heavy atom. The van der Waals surface area contributed by atoms with E-state index >= 15 is 0 Å². The molecule has 2 aromatic heterocycles. The lowest BCUT2D eigenvalue weighted by Gasteiger charge is -2.05. The van der Waals surface area contributed by atoms with Gasteiger partial charge in [0.15, 0.2) is 0 Å². The predicted molar refractivity (Wildman–Crippen MR) is 77.2 cm³/mol. The van der Waals surface area contributed by atoms with Crippen LogP contribution in [0.4, 0.5) is 0 Å². The molecule has 100 valence electrons. The number of aromatic carboxylic acids is 1. The molecule has 3 rings (SSSR count). The Labute approximate surface area is 120 Å². The largest absolute Gasteiger partial charge is 0.477 e. The molecule has 0 aliphatic heterocycles. The first-order valence-electron chi connectivity index (χ1n) is 6.08. The van der Waals surface area contributed by atoms with E-state index in [-0.39, 0.29) is 5.69 Å². The topological polar surface area (TPSA) is 55.1 Å². The van der Waals surface area contributed by atoms with Gasteiger partial charge in [-0.2, -0.15) is 0 Å². The van der Waals surface area contributed by atoms with Gasteiger partial charge in [0.2, 0.25) is 0 Å². The van der Waals surface area contributed by atoms with Crippen LogP contribution in [0, 0.1) is 0 Å². The molecule has 0 spiro atoms. The summed E-state index contributed by atoms with van der Waals surface area (Å²) < 4.78 is 1.96. The van der Waals surface area contributed by atoms with Gasteiger partial charge in [0, 0.05) is 17.1 Å². The van der Waals surface area contributed by atoms with E-state index in [0.29, 0.717) is 17.3 Å². The van der Waals surface area contributed by atoms with E-state index in [4.69, 9.17) is 16.7 Å². The summed E-state index contributed by atoms with van der Waals surface area (Å²) in [5.74, 6) is -1.03. The molecular formula is C15H11ClN2O2. The zero-order valence-electron chi connectivity index (χ0n) is 10.5. The summed E-state index contributed by atoms with van der Waals surface area (Å²) in [5.41, 5.74) is 1.73. The number of para-hydroxylation sites is 1. The molecule has 20 heavy (non-hydrogen) atoms. The highest BCUT2D eigenvalue weighted by Gasteiger charge is 2.09. The molecule has 0 saturated heterocycles. The zero-order valence-corrected chi connectivity index (χ0v) is 11.2. The lowest BCUT2D eigenvalue weighted by Crippen LogP contribution is -2.05. The molecule has 0 bridgehead atoms. The van der Waals surface area contributed by atoms with Crippen LogP contribution in [0.2, 0.25) is 5.02 Å². The van der Waals surface area contributed by atoms with Gasteiger partial charge in [-0.3, -0.25) is 0 Å². The Hall–Kier alpha value is -2.33. The van der Waals surface area contributed by atoms with E-state index in [1.807, 2.05) is 35.0 Å². The molecule has 3 aromatic rings. The van der Waals surface area contributed by atoms with Crippen molar-refractivity contribution in [2.24, 2.45) is 0 Å². The van der Waals surface area contributed by atoms with Crippen LogP contribution < -0.4 is 0 Å². The number of pyridine rings is 1. The summed E-state index contributed by atoms with van der Waals surface area (Å²) in [5, 5.41) is 10.6. The third-order valence-corrected chi connectivity index (χ3v) is 3.40. The molecule has 0 saturated carbocycles. The Morgan fingerprint density at radius 2 is 2.00 bits per heavy atom. The smallest absolute Gasteiger partial charge is 0.354 e. The molecule has 5 heteroatoms. The van der Waals surface area contributed by atoms with E-state index in [9.17, 15) is 4.79 Å². The maximum Gasteiger partial charge on any atom is 0.354 e. The van der Waals surface area contributed by atoms with Gasteiger partial charge in [-0.1, -0.05) is 35.9 Å². The summed E-state index contributed by atoms with van der Waals surface area (Å²) >= 11 is 6.19. The molecular weight excluding hydrogens is 276 g/mol. The quantitative estimate of drug-likeness (QED) is 0.802. The summed E-state index contributed by atoms with van der Waals surface area (Å²) in [7, 11) is 0. The summed E-state index contributed by atoms with van der Waals surface area (Å²) in [6.07, 6.45) is 1.83. The van der Waals surface area contributed by atoms with Gasteiger partial charge in [-0.05, 0) is 18.2 Å². The van der Waals surface area contributed by atoms with Crippen molar-refractivity contribution in [3.8, 4) is 0 Å². The lowest BCUT2D eigenvalue weighted by atomic mass is 10.2. The van der Waals surface area contributed by atoms with E-state index < -0.39 is 5.97 Å². The molecule has 0 unspecified atom stereocenters. The number of hydrogen-bond donors (Lipinski definition) is 1. The molecule has 0 aliphatic rings. The number of halogens is 1. The summed E-state index contributed by atoms with van der Waals surface area (Å²) in [6.45, 7) is 0.481. The fourth-order valence-electron chi connectivity index (χ4n) is 2.19. The van der Waals surface area contributed by atoms with Gasteiger partial charge in [0.25, 0.3) is 0 Å². The minimum atomic E-state index is -1.03. The zero-order chi connectivity index (χ0) is 14.1. The van der Waals surface area contributed by atoms with Gasteiger partial charge in [0.1, 0.15) is 5.69 Å². The molecule has 0 atom stereocenters. The van der Waals surface area contributed by atoms with Crippen LogP contribution in [-0.4, -0.2) is 20.6 Å². The number of carboxylic acid groups (broad SMARTS) is 1. The van der Waals surface area contributed by atoms with E-state index in [1.165, 1.54) is 6.07 Å². The van der Waals surface area contributed by atoms with Gasteiger partial charge >= 0.3 is 5.97 Å². The maximum atomic E-state index is 10.9. The lowest BCUT2D eigenvalue weighted by molar-refractivity contribution is 0.0690. The molecule has 4 nitrogen and oxygen atoms in total. The normalized spacial score (nSPS) is 10.8. The molecule has 1 aromatic carbocycles. The number of nitrogens with zero attached hydrogens (tertiary/aromatic N) is 2. The first-order chi connectivity index (χ1) is 9.65. The first-order valence-corrected chi connectivity index (χ1v) is 6.45. The fraction of sp³-hybridized carbons (Fsp3) is 0.0667. The number of aromatic nitrogens is 2. The van der Waals surface area contributed by atoms with Crippen molar-refractivity contribution in [3.63, 3.8) is 0 Å².